The van der Waals surface area contributed by atoms with E-state index in [1.165, 1.54) is 30.2 Å². The van der Waals surface area contributed by atoms with Crippen molar-refractivity contribution in [2.24, 2.45) is 10.9 Å². The standard InChI is InChI=1S/C19H23N3O/c1-2-17(13-18-16(1)3-7-20-18)19-14-22(10-8-21-19)9-4-15-5-11-23-12-6-15/h1-3,7-8,13-15,20H,4-6,9-12H2. The highest BCUT2D eigenvalue weighted by Gasteiger charge is 2.15. The number of hydrogen-bond donors (Lipinski definition) is 1. The summed E-state index contributed by atoms with van der Waals surface area (Å²) in [6.07, 6.45) is 9.88. The van der Waals surface area contributed by atoms with Crippen molar-refractivity contribution < 1.29 is 4.74 Å². The predicted molar refractivity (Wildman–Crippen MR) is 94.5 cm³/mol. The van der Waals surface area contributed by atoms with E-state index in [2.05, 4.69) is 45.3 Å². The van der Waals surface area contributed by atoms with Crippen molar-refractivity contribution in [1.29, 1.82) is 0 Å². The molecule has 2 aliphatic rings. The molecule has 0 saturated carbocycles. The van der Waals surface area contributed by atoms with Crippen molar-refractivity contribution in [2.45, 2.75) is 19.3 Å². The maximum absolute atomic E-state index is 5.45. The summed E-state index contributed by atoms with van der Waals surface area (Å²) in [6, 6.07) is 8.58. The fourth-order valence-corrected chi connectivity index (χ4v) is 3.40. The second kappa shape index (κ2) is 6.59. The second-order valence-electron chi connectivity index (χ2n) is 6.45. The molecule has 4 nitrogen and oxygen atoms in total. The van der Waals surface area contributed by atoms with Crippen molar-refractivity contribution in [2.75, 3.05) is 26.3 Å². The summed E-state index contributed by atoms with van der Waals surface area (Å²) in [5.41, 5.74) is 3.39. The van der Waals surface area contributed by atoms with E-state index in [0.717, 1.165) is 43.4 Å². The van der Waals surface area contributed by atoms with Gasteiger partial charge in [0.05, 0.1) is 12.2 Å². The van der Waals surface area contributed by atoms with Crippen LogP contribution < -0.4 is 0 Å². The van der Waals surface area contributed by atoms with Gasteiger partial charge in [0.2, 0.25) is 0 Å². The van der Waals surface area contributed by atoms with Crippen LogP contribution in [0.1, 0.15) is 24.8 Å². The zero-order valence-electron chi connectivity index (χ0n) is 13.4. The quantitative estimate of drug-likeness (QED) is 0.936. The highest BCUT2D eigenvalue weighted by molar-refractivity contribution is 5.85. The molecule has 0 unspecified atom stereocenters. The van der Waals surface area contributed by atoms with Gasteiger partial charge in [0.15, 0.2) is 0 Å². The lowest BCUT2D eigenvalue weighted by atomic mass is 9.96. The van der Waals surface area contributed by atoms with E-state index in [0.29, 0.717) is 0 Å². The maximum atomic E-state index is 5.45. The number of nitrogens with one attached hydrogen (secondary N) is 1. The van der Waals surface area contributed by atoms with E-state index in [4.69, 9.17) is 4.74 Å². The number of rotatable bonds is 4. The average molecular weight is 309 g/mol. The Kier molecular flexibility index (Phi) is 4.16. The second-order valence-corrected chi connectivity index (χ2v) is 6.45. The third kappa shape index (κ3) is 3.32. The number of H-pyrrole nitrogens is 1. The van der Waals surface area contributed by atoms with E-state index in [1.807, 2.05) is 12.4 Å². The Morgan fingerprint density at radius 1 is 1.22 bits per heavy atom. The Bertz CT molecular complexity index is 725. The third-order valence-electron chi connectivity index (χ3n) is 4.87. The SMILES string of the molecule is C1=NC(c2ccc3cc[nH]c3c2)=CN(CCC2CCOCC2)C1. The Morgan fingerprint density at radius 3 is 3.04 bits per heavy atom. The molecule has 2 aliphatic heterocycles. The van der Waals surface area contributed by atoms with Gasteiger partial charge in [-0.1, -0.05) is 12.1 Å². The lowest BCUT2D eigenvalue weighted by molar-refractivity contribution is 0.0620. The fraction of sp³-hybridized carbons (Fsp3) is 0.421. The molecule has 0 amide bonds. The number of ether oxygens (including phenoxy) is 1. The van der Waals surface area contributed by atoms with Crippen LogP contribution in [0, 0.1) is 5.92 Å². The predicted octanol–water partition coefficient (Wildman–Crippen LogP) is 3.67. The molecule has 2 aromatic rings. The Labute approximate surface area is 136 Å². The molecule has 3 heterocycles. The molecule has 4 heteroatoms. The molecule has 23 heavy (non-hydrogen) atoms. The van der Waals surface area contributed by atoms with E-state index in [1.54, 1.807) is 0 Å². The van der Waals surface area contributed by atoms with E-state index < -0.39 is 0 Å². The molecule has 0 radical (unpaired) electrons. The topological polar surface area (TPSA) is 40.6 Å². The zero-order chi connectivity index (χ0) is 15.5. The summed E-state index contributed by atoms with van der Waals surface area (Å²) in [5, 5.41) is 1.24. The molecule has 1 fully saturated rings. The van der Waals surface area contributed by atoms with Gasteiger partial charge in [0.25, 0.3) is 0 Å². The molecule has 4 rings (SSSR count). The minimum atomic E-state index is 0.815. The third-order valence-corrected chi connectivity index (χ3v) is 4.87. The van der Waals surface area contributed by atoms with Crippen LogP contribution in [-0.2, 0) is 4.74 Å². The van der Waals surface area contributed by atoms with Crippen molar-refractivity contribution in [1.82, 2.24) is 9.88 Å². The first kappa shape index (κ1) is 14.5. The number of aliphatic imine (C=N–C) groups is 1. The number of aromatic amines is 1. The van der Waals surface area contributed by atoms with Crippen molar-refractivity contribution in [3.8, 4) is 0 Å². The van der Waals surface area contributed by atoms with Crippen LogP contribution in [-0.4, -0.2) is 42.4 Å². The molecule has 0 aliphatic carbocycles. The highest BCUT2D eigenvalue weighted by atomic mass is 16.5. The van der Waals surface area contributed by atoms with E-state index in [9.17, 15) is 0 Å². The number of benzene rings is 1. The first-order chi connectivity index (χ1) is 11.4. The zero-order valence-corrected chi connectivity index (χ0v) is 13.4. The minimum Gasteiger partial charge on any atom is -0.381 e. The lowest BCUT2D eigenvalue weighted by Gasteiger charge is -2.27. The summed E-state index contributed by atoms with van der Waals surface area (Å²) < 4.78 is 5.45. The van der Waals surface area contributed by atoms with E-state index in [-0.39, 0.29) is 0 Å². The summed E-state index contributed by atoms with van der Waals surface area (Å²) >= 11 is 0. The van der Waals surface area contributed by atoms with Crippen LogP contribution >= 0.6 is 0 Å². The number of aromatic nitrogens is 1. The van der Waals surface area contributed by atoms with E-state index >= 15 is 0 Å². The molecule has 0 bridgehead atoms. The molecular formula is C19H23N3O. The molecule has 1 aromatic carbocycles. The van der Waals surface area contributed by atoms with Crippen LogP contribution in [0.5, 0.6) is 0 Å². The Hall–Kier alpha value is -2.07. The molecule has 1 saturated heterocycles. The molecule has 120 valence electrons. The lowest BCUT2D eigenvalue weighted by Crippen LogP contribution is -2.27. The van der Waals surface area contributed by atoms with Gasteiger partial charge in [0.1, 0.15) is 0 Å². The monoisotopic (exact) mass is 309 g/mol. The number of fused-ring (bicyclic) bond motifs is 1. The van der Waals surface area contributed by atoms with Gasteiger partial charge >= 0.3 is 0 Å². The molecular weight excluding hydrogens is 286 g/mol. The summed E-state index contributed by atoms with van der Waals surface area (Å²) in [4.78, 5) is 10.3. The molecule has 0 spiro atoms. The van der Waals surface area contributed by atoms with Crippen molar-refractivity contribution in [3.63, 3.8) is 0 Å². The van der Waals surface area contributed by atoms with Crippen LogP contribution in [0.25, 0.3) is 16.6 Å². The van der Waals surface area contributed by atoms with Gasteiger partial charge in [-0.05, 0) is 42.7 Å². The normalized spacial score (nSPS) is 19.3. The smallest absolute Gasteiger partial charge is 0.0858 e. The van der Waals surface area contributed by atoms with Gasteiger partial charge in [-0.25, -0.2) is 0 Å². The molecule has 1 aromatic heterocycles. The first-order valence-electron chi connectivity index (χ1n) is 8.52. The highest BCUT2D eigenvalue weighted by Crippen LogP contribution is 2.24. The van der Waals surface area contributed by atoms with Crippen molar-refractivity contribution >= 4 is 22.8 Å². The summed E-state index contributed by atoms with van der Waals surface area (Å²) in [5.74, 6) is 0.815. The summed E-state index contributed by atoms with van der Waals surface area (Å²) in [6.45, 7) is 3.88. The van der Waals surface area contributed by atoms with Gasteiger partial charge in [-0.3, -0.25) is 4.99 Å². The van der Waals surface area contributed by atoms with Gasteiger partial charge in [-0.2, -0.15) is 0 Å². The Morgan fingerprint density at radius 2 is 2.13 bits per heavy atom. The number of hydrogen-bond acceptors (Lipinski definition) is 3. The summed E-state index contributed by atoms with van der Waals surface area (Å²) in [7, 11) is 0. The molecule has 1 N–H and O–H groups in total. The van der Waals surface area contributed by atoms with Crippen LogP contribution in [0.2, 0.25) is 0 Å². The van der Waals surface area contributed by atoms with Crippen molar-refractivity contribution in [3.05, 3.63) is 42.2 Å². The van der Waals surface area contributed by atoms with Crippen LogP contribution in [0.4, 0.5) is 0 Å². The van der Waals surface area contributed by atoms with Crippen LogP contribution in [0.3, 0.4) is 0 Å². The molecule has 0 atom stereocenters. The van der Waals surface area contributed by atoms with Gasteiger partial charge in [-0.15, -0.1) is 0 Å². The number of nitrogens with zero attached hydrogens (tertiary/aromatic N) is 2. The Balaban J connectivity index is 1.45. The first-order valence-corrected chi connectivity index (χ1v) is 8.52. The minimum absolute atomic E-state index is 0.815. The van der Waals surface area contributed by atoms with Crippen LogP contribution in [0.15, 0.2) is 41.7 Å². The van der Waals surface area contributed by atoms with Gasteiger partial charge in [0, 0.05) is 49.5 Å². The maximum Gasteiger partial charge on any atom is 0.0858 e. The average Bonchev–Trinajstić information content (AvgIpc) is 3.09. The fourth-order valence-electron chi connectivity index (χ4n) is 3.40. The van der Waals surface area contributed by atoms with Gasteiger partial charge < -0.3 is 14.6 Å². The largest absolute Gasteiger partial charge is 0.381 e.